The fraction of sp³-hybridized carbons (Fsp3) is 0.185. The monoisotopic (exact) mass is 469 g/mol. The number of carboxylic acid groups (broad SMARTS) is 1. The number of aromatic nitrogens is 2. The number of imidazole rings is 1. The molecule has 0 unspecified atom stereocenters. The van der Waals surface area contributed by atoms with Gasteiger partial charge < -0.3 is 20.3 Å². The minimum atomic E-state index is -0.885. The van der Waals surface area contributed by atoms with Crippen molar-refractivity contribution in [3.8, 4) is 0 Å². The molecule has 0 fully saturated rings. The number of nitrogen functional groups attached to an aromatic ring is 1. The maximum Gasteiger partial charge on any atom is 0.303 e. The Balaban J connectivity index is 1.60. The predicted molar refractivity (Wildman–Crippen MR) is 136 cm³/mol. The molecular formula is C27H27N5O3. The Morgan fingerprint density at radius 1 is 1.03 bits per heavy atom. The number of nitrogens with zero attached hydrogens (tertiary/aromatic N) is 3. The van der Waals surface area contributed by atoms with E-state index < -0.39 is 5.97 Å². The zero-order valence-electron chi connectivity index (χ0n) is 19.4. The van der Waals surface area contributed by atoms with Gasteiger partial charge in [0.25, 0.3) is 5.91 Å². The van der Waals surface area contributed by atoms with Gasteiger partial charge in [0.05, 0.1) is 11.0 Å². The quantitative estimate of drug-likeness (QED) is 0.253. The van der Waals surface area contributed by atoms with E-state index in [1.165, 1.54) is 0 Å². The number of anilines is 1. The van der Waals surface area contributed by atoms with E-state index in [9.17, 15) is 9.59 Å². The average Bonchev–Trinajstić information content (AvgIpc) is 3.16. The summed E-state index contributed by atoms with van der Waals surface area (Å²) in [7, 11) is 1.94. The van der Waals surface area contributed by atoms with E-state index in [0.717, 1.165) is 22.6 Å². The van der Waals surface area contributed by atoms with Gasteiger partial charge in [-0.2, -0.15) is 0 Å². The highest BCUT2D eigenvalue weighted by Gasteiger charge is 2.19. The van der Waals surface area contributed by atoms with Crippen molar-refractivity contribution in [3.63, 3.8) is 0 Å². The summed E-state index contributed by atoms with van der Waals surface area (Å²) in [5, 5.41) is 16.5. The molecule has 0 aliphatic heterocycles. The lowest BCUT2D eigenvalue weighted by atomic mass is 10.1. The summed E-state index contributed by atoms with van der Waals surface area (Å²) in [6, 6.07) is 22.2. The topological polar surface area (TPSA) is 125 Å². The summed E-state index contributed by atoms with van der Waals surface area (Å²) in [5.74, 6) is -0.204. The van der Waals surface area contributed by atoms with Crippen molar-refractivity contribution in [1.29, 1.82) is 5.41 Å². The Hall–Kier alpha value is -4.46. The van der Waals surface area contributed by atoms with Crippen LogP contribution in [0.2, 0.25) is 0 Å². The number of aliphatic carboxylic acids is 1. The number of carboxylic acids is 1. The molecule has 178 valence electrons. The Kier molecular flexibility index (Phi) is 6.91. The van der Waals surface area contributed by atoms with Crippen LogP contribution in [0.15, 0.2) is 72.8 Å². The van der Waals surface area contributed by atoms with E-state index in [-0.39, 0.29) is 18.2 Å². The predicted octanol–water partition coefficient (Wildman–Crippen LogP) is 3.96. The fourth-order valence-electron chi connectivity index (χ4n) is 4.03. The lowest BCUT2D eigenvalue weighted by molar-refractivity contribution is -0.137. The second kappa shape index (κ2) is 10.2. The number of amides is 1. The van der Waals surface area contributed by atoms with Gasteiger partial charge in [-0.15, -0.1) is 0 Å². The summed E-state index contributed by atoms with van der Waals surface area (Å²) < 4.78 is 2.00. The second-order valence-electron chi connectivity index (χ2n) is 8.37. The molecule has 4 N–H and O–H groups in total. The molecule has 4 aromatic rings. The Labute approximate surface area is 203 Å². The van der Waals surface area contributed by atoms with Gasteiger partial charge in [0.1, 0.15) is 11.7 Å². The SMILES string of the molecule is Cn1c(Cc2ccc(C(=N)N)cc2)nc2cc(C(=O)N(CCCC(=O)O)c3ccccc3)ccc21. The third-order valence-corrected chi connectivity index (χ3v) is 5.93. The molecule has 1 heterocycles. The molecule has 0 aliphatic rings. The number of benzene rings is 3. The maximum atomic E-state index is 13.5. The number of fused-ring (bicyclic) bond motifs is 1. The Morgan fingerprint density at radius 2 is 1.71 bits per heavy atom. The van der Waals surface area contributed by atoms with Gasteiger partial charge in [-0.05, 0) is 42.3 Å². The summed E-state index contributed by atoms with van der Waals surface area (Å²) in [6.45, 7) is 0.302. The molecule has 3 aromatic carbocycles. The lowest BCUT2D eigenvalue weighted by Crippen LogP contribution is -2.32. The summed E-state index contributed by atoms with van der Waals surface area (Å²) in [4.78, 5) is 30.8. The van der Waals surface area contributed by atoms with Gasteiger partial charge in [-0.25, -0.2) is 4.98 Å². The normalized spacial score (nSPS) is 10.9. The molecule has 0 saturated heterocycles. The average molecular weight is 470 g/mol. The van der Waals surface area contributed by atoms with Gasteiger partial charge in [-0.1, -0.05) is 42.5 Å². The number of hydrogen-bond acceptors (Lipinski definition) is 4. The Bertz CT molecular complexity index is 1380. The van der Waals surface area contributed by atoms with E-state index >= 15 is 0 Å². The van der Waals surface area contributed by atoms with E-state index in [1.807, 2.05) is 72.3 Å². The molecule has 0 aliphatic carbocycles. The highest BCUT2D eigenvalue weighted by atomic mass is 16.4. The first-order valence-corrected chi connectivity index (χ1v) is 11.3. The van der Waals surface area contributed by atoms with E-state index in [0.29, 0.717) is 36.0 Å². The molecule has 8 nitrogen and oxygen atoms in total. The number of carbonyl (C=O) groups is 2. The molecule has 4 rings (SSSR count). The van der Waals surface area contributed by atoms with Gasteiger partial charge >= 0.3 is 5.97 Å². The van der Waals surface area contributed by atoms with Gasteiger partial charge in [0, 0.05) is 43.2 Å². The number of nitrogens with two attached hydrogens (primary N) is 1. The maximum absolute atomic E-state index is 13.5. The van der Waals surface area contributed by atoms with Crippen LogP contribution in [0.1, 0.15) is 40.2 Å². The van der Waals surface area contributed by atoms with E-state index in [2.05, 4.69) is 0 Å². The second-order valence-corrected chi connectivity index (χ2v) is 8.37. The number of rotatable bonds is 9. The summed E-state index contributed by atoms with van der Waals surface area (Å²) in [5.41, 5.74) is 10.1. The van der Waals surface area contributed by atoms with Gasteiger partial charge in [-0.3, -0.25) is 15.0 Å². The number of carbonyl (C=O) groups excluding carboxylic acids is 1. The van der Waals surface area contributed by atoms with Crippen molar-refractivity contribution in [2.24, 2.45) is 12.8 Å². The van der Waals surface area contributed by atoms with Crippen LogP contribution in [0.5, 0.6) is 0 Å². The molecule has 8 heteroatoms. The largest absolute Gasteiger partial charge is 0.481 e. The van der Waals surface area contributed by atoms with Crippen LogP contribution < -0.4 is 10.6 Å². The first-order chi connectivity index (χ1) is 16.8. The smallest absolute Gasteiger partial charge is 0.303 e. The molecule has 0 spiro atoms. The summed E-state index contributed by atoms with van der Waals surface area (Å²) in [6.07, 6.45) is 0.943. The number of nitrogens with one attached hydrogen (secondary N) is 1. The fourth-order valence-corrected chi connectivity index (χ4v) is 4.03. The number of hydrogen-bond donors (Lipinski definition) is 3. The van der Waals surface area contributed by atoms with Crippen molar-refractivity contribution < 1.29 is 14.7 Å². The van der Waals surface area contributed by atoms with Crippen LogP contribution in [0, 0.1) is 5.41 Å². The standard InChI is InChI=1S/C27H27N5O3/c1-31-23-14-13-20(27(35)32(15-5-8-25(33)34)21-6-3-2-4-7-21)17-22(23)30-24(31)16-18-9-11-19(12-10-18)26(28)29/h2-4,6-7,9-14,17H,5,8,15-16H2,1H3,(H3,28,29)(H,33,34). The number of aryl methyl sites for hydroxylation is 1. The van der Waals surface area contributed by atoms with Crippen LogP contribution in [0.4, 0.5) is 5.69 Å². The molecule has 0 atom stereocenters. The zero-order valence-corrected chi connectivity index (χ0v) is 19.4. The zero-order chi connectivity index (χ0) is 24.9. The minimum Gasteiger partial charge on any atom is -0.481 e. The van der Waals surface area contributed by atoms with Crippen molar-refractivity contribution in [2.75, 3.05) is 11.4 Å². The van der Waals surface area contributed by atoms with E-state index in [4.69, 9.17) is 21.2 Å². The van der Waals surface area contributed by atoms with Gasteiger partial charge in [0.15, 0.2) is 0 Å². The first-order valence-electron chi connectivity index (χ1n) is 11.3. The molecule has 0 saturated carbocycles. The summed E-state index contributed by atoms with van der Waals surface area (Å²) >= 11 is 0. The van der Waals surface area contributed by atoms with Crippen LogP contribution in [-0.4, -0.2) is 38.9 Å². The molecule has 35 heavy (non-hydrogen) atoms. The van der Waals surface area contributed by atoms with Crippen molar-refractivity contribution in [1.82, 2.24) is 9.55 Å². The number of para-hydroxylation sites is 1. The molecule has 0 bridgehead atoms. The van der Waals surface area contributed by atoms with Gasteiger partial charge in [0.2, 0.25) is 0 Å². The Morgan fingerprint density at radius 3 is 2.37 bits per heavy atom. The van der Waals surface area contributed by atoms with Crippen molar-refractivity contribution >= 4 is 34.4 Å². The van der Waals surface area contributed by atoms with Crippen LogP contribution in [0.25, 0.3) is 11.0 Å². The van der Waals surface area contributed by atoms with Crippen LogP contribution in [-0.2, 0) is 18.3 Å². The lowest BCUT2D eigenvalue weighted by Gasteiger charge is -2.22. The molecule has 1 aromatic heterocycles. The van der Waals surface area contributed by atoms with E-state index in [1.54, 1.807) is 17.0 Å². The highest BCUT2D eigenvalue weighted by molar-refractivity contribution is 6.07. The molecule has 1 amide bonds. The molecular weight excluding hydrogens is 442 g/mol. The minimum absolute atomic E-state index is 0.00730. The van der Waals surface area contributed by atoms with Crippen LogP contribution >= 0.6 is 0 Å². The van der Waals surface area contributed by atoms with Crippen molar-refractivity contribution in [2.45, 2.75) is 19.3 Å². The van der Waals surface area contributed by atoms with Crippen molar-refractivity contribution in [3.05, 3.63) is 95.3 Å². The third-order valence-electron chi connectivity index (χ3n) is 5.93. The first kappa shape index (κ1) is 23.7. The van der Waals surface area contributed by atoms with Crippen LogP contribution in [0.3, 0.4) is 0 Å². The third kappa shape index (κ3) is 5.38. The number of amidine groups is 1. The highest BCUT2D eigenvalue weighted by Crippen LogP contribution is 2.23. The molecule has 0 radical (unpaired) electrons.